The Labute approximate surface area is 115 Å². The van der Waals surface area contributed by atoms with Gasteiger partial charge >= 0.3 is 0 Å². The van der Waals surface area contributed by atoms with Gasteiger partial charge in [-0.3, -0.25) is 9.69 Å². The first-order chi connectivity index (χ1) is 9.22. The third-order valence-electron chi connectivity index (χ3n) is 4.50. The van der Waals surface area contributed by atoms with Crippen LogP contribution in [0.4, 0.5) is 0 Å². The van der Waals surface area contributed by atoms with Gasteiger partial charge in [-0.15, -0.1) is 0 Å². The molecule has 2 unspecified atom stereocenters. The number of fused-ring (bicyclic) bond motifs is 2. The SMILES string of the molecule is CC(=O)NC1CC2CCC(C1)N2Cc1ccccc1. The van der Waals surface area contributed by atoms with Crippen molar-refractivity contribution in [3.63, 3.8) is 0 Å². The molecule has 2 heterocycles. The molecule has 2 aliphatic rings. The van der Waals surface area contributed by atoms with Crippen LogP contribution in [-0.2, 0) is 11.3 Å². The van der Waals surface area contributed by atoms with Crippen molar-refractivity contribution in [2.45, 2.75) is 57.3 Å². The maximum absolute atomic E-state index is 11.2. The van der Waals surface area contributed by atoms with Crippen LogP contribution < -0.4 is 5.32 Å². The highest BCUT2D eigenvalue weighted by atomic mass is 16.1. The minimum Gasteiger partial charge on any atom is -0.353 e. The average molecular weight is 258 g/mol. The normalized spacial score (nSPS) is 30.3. The molecule has 3 rings (SSSR count). The molecule has 2 bridgehead atoms. The predicted molar refractivity (Wildman–Crippen MR) is 75.6 cm³/mol. The van der Waals surface area contributed by atoms with Gasteiger partial charge in [0.25, 0.3) is 0 Å². The van der Waals surface area contributed by atoms with Gasteiger partial charge in [0.05, 0.1) is 0 Å². The van der Waals surface area contributed by atoms with Crippen molar-refractivity contribution in [3.8, 4) is 0 Å². The maximum Gasteiger partial charge on any atom is 0.217 e. The number of piperidine rings is 1. The molecule has 0 aromatic heterocycles. The van der Waals surface area contributed by atoms with Crippen molar-refractivity contribution in [2.24, 2.45) is 0 Å². The zero-order chi connectivity index (χ0) is 13.2. The molecule has 19 heavy (non-hydrogen) atoms. The minimum absolute atomic E-state index is 0.112. The van der Waals surface area contributed by atoms with E-state index in [-0.39, 0.29) is 5.91 Å². The minimum atomic E-state index is 0.112. The Hall–Kier alpha value is -1.35. The highest BCUT2D eigenvalue weighted by Crippen LogP contribution is 2.36. The van der Waals surface area contributed by atoms with Crippen molar-refractivity contribution in [1.29, 1.82) is 0 Å². The van der Waals surface area contributed by atoms with Crippen LogP contribution in [0.3, 0.4) is 0 Å². The smallest absolute Gasteiger partial charge is 0.217 e. The molecule has 0 aliphatic carbocycles. The van der Waals surface area contributed by atoms with Crippen molar-refractivity contribution in [3.05, 3.63) is 35.9 Å². The van der Waals surface area contributed by atoms with Gasteiger partial charge in [-0.05, 0) is 31.2 Å². The predicted octanol–water partition coefficient (Wildman–Crippen LogP) is 2.32. The van der Waals surface area contributed by atoms with E-state index in [0.717, 1.165) is 19.4 Å². The van der Waals surface area contributed by atoms with E-state index in [4.69, 9.17) is 0 Å². The van der Waals surface area contributed by atoms with Crippen molar-refractivity contribution in [1.82, 2.24) is 10.2 Å². The quantitative estimate of drug-likeness (QED) is 0.902. The molecule has 3 nitrogen and oxygen atoms in total. The fourth-order valence-corrected chi connectivity index (χ4v) is 3.73. The molecule has 1 N–H and O–H groups in total. The van der Waals surface area contributed by atoms with E-state index >= 15 is 0 Å². The molecule has 102 valence electrons. The zero-order valence-corrected chi connectivity index (χ0v) is 11.5. The summed E-state index contributed by atoms with van der Waals surface area (Å²) in [7, 11) is 0. The second-order valence-corrected chi connectivity index (χ2v) is 5.91. The van der Waals surface area contributed by atoms with E-state index in [1.54, 1.807) is 6.92 Å². The fourth-order valence-electron chi connectivity index (χ4n) is 3.73. The molecule has 2 fully saturated rings. The molecule has 0 radical (unpaired) electrons. The summed E-state index contributed by atoms with van der Waals surface area (Å²) in [5.74, 6) is 0.112. The highest BCUT2D eigenvalue weighted by molar-refractivity contribution is 5.73. The van der Waals surface area contributed by atoms with E-state index in [0.29, 0.717) is 18.1 Å². The second-order valence-electron chi connectivity index (χ2n) is 5.91. The zero-order valence-electron chi connectivity index (χ0n) is 11.5. The number of benzene rings is 1. The van der Waals surface area contributed by atoms with E-state index < -0.39 is 0 Å². The molecular formula is C16H22N2O. The monoisotopic (exact) mass is 258 g/mol. The van der Waals surface area contributed by atoms with Crippen LogP contribution in [0, 0.1) is 0 Å². The number of nitrogens with zero attached hydrogens (tertiary/aromatic N) is 1. The number of hydrogen-bond donors (Lipinski definition) is 1. The first-order valence-electron chi connectivity index (χ1n) is 7.29. The molecule has 1 aromatic carbocycles. The Balaban J connectivity index is 1.65. The van der Waals surface area contributed by atoms with Gasteiger partial charge in [-0.1, -0.05) is 30.3 Å². The summed E-state index contributed by atoms with van der Waals surface area (Å²) in [6.07, 6.45) is 4.80. The van der Waals surface area contributed by atoms with Gasteiger partial charge in [0.1, 0.15) is 0 Å². The lowest BCUT2D eigenvalue weighted by Crippen LogP contribution is -2.49. The summed E-state index contributed by atoms with van der Waals surface area (Å²) in [6.45, 7) is 2.68. The van der Waals surface area contributed by atoms with Crippen LogP contribution in [0.15, 0.2) is 30.3 Å². The Kier molecular flexibility index (Phi) is 3.56. The molecule has 2 saturated heterocycles. The number of amides is 1. The molecule has 3 heteroatoms. The van der Waals surface area contributed by atoms with Gasteiger partial charge in [-0.2, -0.15) is 0 Å². The Morgan fingerprint density at radius 3 is 2.42 bits per heavy atom. The van der Waals surface area contributed by atoms with E-state index in [1.165, 1.54) is 18.4 Å². The molecule has 2 atom stereocenters. The lowest BCUT2D eigenvalue weighted by molar-refractivity contribution is -0.120. The Bertz CT molecular complexity index is 431. The van der Waals surface area contributed by atoms with E-state index in [9.17, 15) is 4.79 Å². The number of hydrogen-bond acceptors (Lipinski definition) is 2. The molecule has 1 amide bonds. The van der Waals surface area contributed by atoms with Crippen LogP contribution in [0.2, 0.25) is 0 Å². The molecule has 1 aromatic rings. The van der Waals surface area contributed by atoms with Gasteiger partial charge in [0, 0.05) is 31.6 Å². The van der Waals surface area contributed by atoms with E-state index in [2.05, 4.69) is 40.5 Å². The fraction of sp³-hybridized carbons (Fsp3) is 0.562. The maximum atomic E-state index is 11.2. The summed E-state index contributed by atoms with van der Waals surface area (Å²) in [5.41, 5.74) is 1.40. The first kappa shape index (κ1) is 12.7. The number of carbonyl (C=O) groups is 1. The summed E-state index contributed by atoms with van der Waals surface area (Å²) in [6, 6.07) is 12.4. The second kappa shape index (κ2) is 5.33. The van der Waals surface area contributed by atoms with Crippen molar-refractivity contribution < 1.29 is 4.79 Å². The Morgan fingerprint density at radius 1 is 1.21 bits per heavy atom. The summed E-state index contributed by atoms with van der Waals surface area (Å²) < 4.78 is 0. The van der Waals surface area contributed by atoms with E-state index in [1.807, 2.05) is 0 Å². The topological polar surface area (TPSA) is 32.3 Å². The largest absolute Gasteiger partial charge is 0.353 e. The third-order valence-corrected chi connectivity index (χ3v) is 4.50. The molecule has 0 spiro atoms. The van der Waals surface area contributed by atoms with Gasteiger partial charge in [0.2, 0.25) is 5.91 Å². The highest BCUT2D eigenvalue weighted by Gasteiger charge is 2.40. The Morgan fingerprint density at radius 2 is 1.84 bits per heavy atom. The van der Waals surface area contributed by atoms with Crippen LogP contribution >= 0.6 is 0 Å². The van der Waals surface area contributed by atoms with Crippen LogP contribution in [0.1, 0.15) is 38.2 Å². The van der Waals surface area contributed by atoms with Gasteiger partial charge < -0.3 is 5.32 Å². The summed E-state index contributed by atoms with van der Waals surface area (Å²) >= 11 is 0. The van der Waals surface area contributed by atoms with Crippen molar-refractivity contribution in [2.75, 3.05) is 0 Å². The molecule has 2 aliphatic heterocycles. The van der Waals surface area contributed by atoms with Crippen molar-refractivity contribution >= 4 is 5.91 Å². The number of carbonyl (C=O) groups excluding carboxylic acids is 1. The van der Waals surface area contributed by atoms with Gasteiger partial charge in [-0.25, -0.2) is 0 Å². The van der Waals surface area contributed by atoms with Crippen LogP contribution in [-0.4, -0.2) is 28.9 Å². The standard InChI is InChI=1S/C16H22N2O/c1-12(19)17-14-9-15-7-8-16(10-14)18(15)11-13-5-3-2-4-6-13/h2-6,14-16H,7-11H2,1H3,(H,17,19). The van der Waals surface area contributed by atoms with Crippen LogP contribution in [0.5, 0.6) is 0 Å². The lowest BCUT2D eigenvalue weighted by atomic mass is 9.96. The third kappa shape index (κ3) is 2.81. The van der Waals surface area contributed by atoms with Gasteiger partial charge in [0.15, 0.2) is 0 Å². The average Bonchev–Trinajstić information content (AvgIpc) is 2.62. The summed E-state index contributed by atoms with van der Waals surface area (Å²) in [5, 5.41) is 3.10. The lowest BCUT2D eigenvalue weighted by Gasteiger charge is -2.39. The number of rotatable bonds is 3. The molecular weight excluding hydrogens is 236 g/mol. The first-order valence-corrected chi connectivity index (χ1v) is 7.29. The number of nitrogens with one attached hydrogen (secondary N) is 1. The summed E-state index contributed by atoms with van der Waals surface area (Å²) in [4.78, 5) is 13.8. The van der Waals surface area contributed by atoms with Crippen LogP contribution in [0.25, 0.3) is 0 Å². The molecule has 0 saturated carbocycles.